The molecule has 21 heavy (non-hydrogen) atoms. The van der Waals surface area contributed by atoms with Gasteiger partial charge in [-0.05, 0) is 32.1 Å². The van der Waals surface area contributed by atoms with Crippen LogP contribution >= 0.6 is 0 Å². The summed E-state index contributed by atoms with van der Waals surface area (Å²) in [7, 11) is 0. The third kappa shape index (κ3) is 3.40. The van der Waals surface area contributed by atoms with Crippen molar-refractivity contribution in [2.24, 2.45) is 11.3 Å². The van der Waals surface area contributed by atoms with Crippen molar-refractivity contribution in [1.29, 1.82) is 5.26 Å². The second kappa shape index (κ2) is 5.96. The maximum atomic E-state index is 12.8. The van der Waals surface area contributed by atoms with Gasteiger partial charge in [0.25, 0.3) is 0 Å². The molecular weight excluding hydrogens is 262 g/mol. The van der Waals surface area contributed by atoms with Crippen molar-refractivity contribution in [2.75, 3.05) is 26.2 Å². The van der Waals surface area contributed by atoms with E-state index in [0.29, 0.717) is 5.91 Å². The Morgan fingerprint density at radius 2 is 1.81 bits per heavy atom. The highest BCUT2D eigenvalue weighted by atomic mass is 16.2. The van der Waals surface area contributed by atoms with Crippen molar-refractivity contribution in [1.82, 2.24) is 9.80 Å². The van der Waals surface area contributed by atoms with Gasteiger partial charge in [-0.25, -0.2) is 0 Å². The quantitative estimate of drug-likeness (QED) is 0.786. The van der Waals surface area contributed by atoms with Crippen LogP contribution in [0.2, 0.25) is 0 Å². The smallest absolute Gasteiger partial charge is 0.226 e. The molecule has 1 unspecified atom stereocenters. The highest BCUT2D eigenvalue weighted by Crippen LogP contribution is 2.41. The molecule has 0 aromatic rings. The van der Waals surface area contributed by atoms with Crippen molar-refractivity contribution < 1.29 is 4.79 Å². The first-order chi connectivity index (χ1) is 9.78. The summed E-state index contributed by atoms with van der Waals surface area (Å²) in [5.41, 5.74) is -0.294. The minimum Gasteiger partial charge on any atom is -0.340 e. The van der Waals surface area contributed by atoms with E-state index in [1.54, 1.807) is 0 Å². The van der Waals surface area contributed by atoms with Crippen LogP contribution in [0.3, 0.4) is 0 Å². The van der Waals surface area contributed by atoms with Crippen LogP contribution in [0.5, 0.6) is 0 Å². The molecule has 2 fully saturated rings. The summed E-state index contributed by atoms with van der Waals surface area (Å²) in [6.07, 6.45) is 4.63. The van der Waals surface area contributed by atoms with Gasteiger partial charge in [-0.1, -0.05) is 26.7 Å². The van der Waals surface area contributed by atoms with Gasteiger partial charge in [-0.3, -0.25) is 9.69 Å². The molecule has 0 aromatic carbocycles. The molecule has 0 radical (unpaired) electrons. The minimum absolute atomic E-state index is 0.137. The van der Waals surface area contributed by atoms with E-state index in [1.807, 2.05) is 18.7 Å². The Kier molecular flexibility index (Phi) is 4.63. The van der Waals surface area contributed by atoms with E-state index in [1.165, 1.54) is 12.8 Å². The third-order valence-corrected chi connectivity index (χ3v) is 5.46. The molecule has 1 aliphatic carbocycles. The Morgan fingerprint density at radius 3 is 2.33 bits per heavy atom. The van der Waals surface area contributed by atoms with Crippen LogP contribution in [0.15, 0.2) is 0 Å². The van der Waals surface area contributed by atoms with Crippen LogP contribution in [0.25, 0.3) is 0 Å². The largest absolute Gasteiger partial charge is 0.340 e. The SMILES string of the molecule is CC1(C)CCCCC1C(=O)N1CCN(C(C)(C)C#N)CC1. The first-order valence-corrected chi connectivity index (χ1v) is 8.23. The van der Waals surface area contributed by atoms with Gasteiger partial charge < -0.3 is 4.90 Å². The summed E-state index contributed by atoms with van der Waals surface area (Å²) in [6, 6.07) is 2.35. The fraction of sp³-hybridized carbons (Fsp3) is 0.882. The molecule has 0 aromatic heterocycles. The highest BCUT2D eigenvalue weighted by molar-refractivity contribution is 5.79. The highest BCUT2D eigenvalue weighted by Gasteiger charge is 2.40. The predicted molar refractivity (Wildman–Crippen MR) is 83.6 cm³/mol. The minimum atomic E-state index is -0.431. The number of amides is 1. The lowest BCUT2D eigenvalue weighted by molar-refractivity contribution is -0.143. The number of carbonyl (C=O) groups is 1. The van der Waals surface area contributed by atoms with Gasteiger partial charge in [0.2, 0.25) is 5.91 Å². The summed E-state index contributed by atoms with van der Waals surface area (Å²) in [5.74, 6) is 0.524. The van der Waals surface area contributed by atoms with Gasteiger partial charge in [-0.2, -0.15) is 5.26 Å². The molecule has 2 rings (SSSR count). The average Bonchev–Trinajstić information content (AvgIpc) is 2.46. The Labute approximate surface area is 129 Å². The first-order valence-electron chi connectivity index (χ1n) is 8.23. The van der Waals surface area contributed by atoms with Gasteiger partial charge in [0, 0.05) is 32.1 Å². The van der Waals surface area contributed by atoms with Gasteiger partial charge in [0.1, 0.15) is 5.54 Å². The molecule has 0 spiro atoms. The molecule has 1 saturated carbocycles. The van der Waals surface area contributed by atoms with Crippen LogP contribution in [-0.2, 0) is 4.79 Å². The average molecular weight is 291 g/mol. The van der Waals surface area contributed by atoms with E-state index in [-0.39, 0.29) is 11.3 Å². The molecule has 2 aliphatic rings. The van der Waals surface area contributed by atoms with E-state index in [2.05, 4.69) is 24.8 Å². The summed E-state index contributed by atoms with van der Waals surface area (Å²) in [4.78, 5) is 17.0. The Bertz CT molecular complexity index is 428. The fourth-order valence-electron chi connectivity index (χ4n) is 3.73. The lowest BCUT2D eigenvalue weighted by atomic mass is 9.68. The third-order valence-electron chi connectivity index (χ3n) is 5.46. The molecule has 4 nitrogen and oxygen atoms in total. The van der Waals surface area contributed by atoms with Gasteiger partial charge >= 0.3 is 0 Å². The molecule has 0 N–H and O–H groups in total. The van der Waals surface area contributed by atoms with Crippen LogP contribution in [-0.4, -0.2) is 47.4 Å². The lowest BCUT2D eigenvalue weighted by Gasteiger charge is -2.44. The monoisotopic (exact) mass is 291 g/mol. The molecule has 1 heterocycles. The van der Waals surface area contributed by atoms with Crippen LogP contribution in [0.1, 0.15) is 53.4 Å². The zero-order valence-electron chi connectivity index (χ0n) is 14.0. The molecule has 1 saturated heterocycles. The fourth-order valence-corrected chi connectivity index (χ4v) is 3.73. The van der Waals surface area contributed by atoms with E-state index in [0.717, 1.165) is 39.0 Å². The second-order valence-corrected chi connectivity index (χ2v) is 7.77. The summed E-state index contributed by atoms with van der Waals surface area (Å²) in [5, 5.41) is 9.22. The molecule has 1 aliphatic heterocycles. The predicted octanol–water partition coefficient (Wildman–Crippen LogP) is 2.65. The molecule has 4 heteroatoms. The van der Waals surface area contributed by atoms with Gasteiger partial charge in [0.05, 0.1) is 6.07 Å². The second-order valence-electron chi connectivity index (χ2n) is 7.77. The normalized spacial score (nSPS) is 27.2. The first kappa shape index (κ1) is 16.3. The number of hydrogen-bond donors (Lipinski definition) is 0. The van der Waals surface area contributed by atoms with E-state index in [9.17, 15) is 10.1 Å². The molecule has 1 atom stereocenters. The maximum Gasteiger partial charge on any atom is 0.226 e. The Balaban J connectivity index is 1.96. The molecular formula is C17H29N3O. The Hall–Kier alpha value is -1.08. The van der Waals surface area contributed by atoms with Gasteiger partial charge in [-0.15, -0.1) is 0 Å². The van der Waals surface area contributed by atoms with Crippen LogP contribution in [0, 0.1) is 22.7 Å². The van der Waals surface area contributed by atoms with Crippen molar-refractivity contribution in [3.63, 3.8) is 0 Å². The standard InChI is InChI=1S/C17H29N3O/c1-16(2)8-6-5-7-14(16)15(21)19-9-11-20(12-10-19)17(3,4)13-18/h14H,5-12H2,1-4H3. The van der Waals surface area contributed by atoms with E-state index < -0.39 is 5.54 Å². The van der Waals surface area contributed by atoms with Gasteiger partial charge in [0.15, 0.2) is 0 Å². The van der Waals surface area contributed by atoms with Crippen LogP contribution in [0.4, 0.5) is 0 Å². The number of hydrogen-bond acceptors (Lipinski definition) is 3. The van der Waals surface area contributed by atoms with E-state index in [4.69, 9.17) is 0 Å². The topological polar surface area (TPSA) is 47.3 Å². The number of rotatable bonds is 2. The summed E-state index contributed by atoms with van der Waals surface area (Å²) < 4.78 is 0. The zero-order valence-corrected chi connectivity index (χ0v) is 14.0. The van der Waals surface area contributed by atoms with Crippen molar-refractivity contribution >= 4 is 5.91 Å². The summed E-state index contributed by atoms with van der Waals surface area (Å²) >= 11 is 0. The molecule has 118 valence electrons. The number of carbonyl (C=O) groups excluding carboxylic acids is 1. The van der Waals surface area contributed by atoms with Crippen molar-refractivity contribution in [3.05, 3.63) is 0 Å². The van der Waals surface area contributed by atoms with Crippen LogP contribution < -0.4 is 0 Å². The zero-order chi connectivity index (χ0) is 15.7. The number of nitrogens with zero attached hydrogens (tertiary/aromatic N) is 3. The Morgan fingerprint density at radius 1 is 1.19 bits per heavy atom. The van der Waals surface area contributed by atoms with Crippen molar-refractivity contribution in [3.8, 4) is 6.07 Å². The van der Waals surface area contributed by atoms with Crippen molar-refractivity contribution in [2.45, 2.75) is 58.9 Å². The summed E-state index contributed by atoms with van der Waals surface area (Å²) in [6.45, 7) is 11.5. The maximum absolute atomic E-state index is 12.8. The molecule has 1 amide bonds. The van der Waals surface area contributed by atoms with E-state index >= 15 is 0 Å². The number of piperazine rings is 1. The molecule has 0 bridgehead atoms. The number of nitriles is 1. The lowest BCUT2D eigenvalue weighted by Crippen LogP contribution is -2.57.